The van der Waals surface area contributed by atoms with Crippen molar-refractivity contribution < 1.29 is 14.3 Å². The lowest BCUT2D eigenvalue weighted by Crippen LogP contribution is -2.17. The van der Waals surface area contributed by atoms with Crippen LogP contribution in [0.15, 0.2) is 16.6 Å². The van der Waals surface area contributed by atoms with E-state index in [0.29, 0.717) is 10.0 Å². The van der Waals surface area contributed by atoms with E-state index in [0.717, 1.165) is 0 Å². The third-order valence-electron chi connectivity index (χ3n) is 2.04. The first kappa shape index (κ1) is 12.1. The summed E-state index contributed by atoms with van der Waals surface area (Å²) in [6.07, 6.45) is -0.285. The molecule has 5 heteroatoms. The normalized spacial score (nSPS) is 12.5. The molecular formula is C10H11BrFNO2. The number of rotatable bonds is 3. The van der Waals surface area contributed by atoms with Crippen molar-refractivity contribution in [2.75, 3.05) is 0 Å². The van der Waals surface area contributed by atoms with E-state index < -0.39 is 17.8 Å². The standard InChI is InChI=1S/C10H11BrFNO2/c1-5-2-6(11)3-7(10(5)12)8(13)4-9(14)15/h2-3,8H,4,13H2,1H3,(H,14,15). The van der Waals surface area contributed by atoms with Crippen molar-refractivity contribution in [2.24, 2.45) is 5.73 Å². The molecule has 0 aliphatic rings. The van der Waals surface area contributed by atoms with Gasteiger partial charge >= 0.3 is 5.97 Å². The summed E-state index contributed by atoms with van der Waals surface area (Å²) in [5.74, 6) is -1.48. The van der Waals surface area contributed by atoms with Gasteiger partial charge in [-0.15, -0.1) is 0 Å². The van der Waals surface area contributed by atoms with E-state index in [1.165, 1.54) is 6.07 Å². The Hall–Kier alpha value is -0.940. The van der Waals surface area contributed by atoms with Crippen LogP contribution in [0.2, 0.25) is 0 Å². The van der Waals surface area contributed by atoms with Crippen molar-refractivity contribution in [3.05, 3.63) is 33.5 Å². The third-order valence-corrected chi connectivity index (χ3v) is 2.50. The van der Waals surface area contributed by atoms with Gasteiger partial charge in [0.1, 0.15) is 5.82 Å². The maximum Gasteiger partial charge on any atom is 0.305 e. The van der Waals surface area contributed by atoms with Crippen LogP contribution in [0.4, 0.5) is 4.39 Å². The lowest BCUT2D eigenvalue weighted by atomic mass is 10.0. The number of carboxylic acids is 1. The number of carboxylic acid groups (broad SMARTS) is 1. The fraction of sp³-hybridized carbons (Fsp3) is 0.300. The number of halogens is 2. The number of carbonyl (C=O) groups is 1. The van der Waals surface area contributed by atoms with Crippen molar-refractivity contribution in [1.82, 2.24) is 0 Å². The van der Waals surface area contributed by atoms with Crippen LogP contribution in [0.3, 0.4) is 0 Å². The molecule has 15 heavy (non-hydrogen) atoms. The monoisotopic (exact) mass is 275 g/mol. The van der Waals surface area contributed by atoms with Crippen molar-refractivity contribution in [1.29, 1.82) is 0 Å². The highest BCUT2D eigenvalue weighted by Crippen LogP contribution is 2.25. The topological polar surface area (TPSA) is 63.3 Å². The fourth-order valence-corrected chi connectivity index (χ4v) is 1.91. The van der Waals surface area contributed by atoms with Crippen LogP contribution in [-0.2, 0) is 4.79 Å². The zero-order chi connectivity index (χ0) is 11.6. The predicted molar refractivity (Wildman–Crippen MR) is 58.0 cm³/mol. The Kier molecular flexibility index (Phi) is 3.82. The Morgan fingerprint density at radius 2 is 2.27 bits per heavy atom. The molecule has 0 heterocycles. The predicted octanol–water partition coefficient (Wildman–Crippen LogP) is 2.37. The van der Waals surface area contributed by atoms with Crippen LogP contribution in [-0.4, -0.2) is 11.1 Å². The highest BCUT2D eigenvalue weighted by Gasteiger charge is 2.16. The smallest absolute Gasteiger partial charge is 0.305 e. The van der Waals surface area contributed by atoms with Crippen LogP contribution in [0.25, 0.3) is 0 Å². The summed E-state index contributed by atoms with van der Waals surface area (Å²) >= 11 is 3.21. The number of nitrogens with two attached hydrogens (primary N) is 1. The van der Waals surface area contributed by atoms with E-state index >= 15 is 0 Å². The maximum absolute atomic E-state index is 13.6. The Morgan fingerprint density at radius 1 is 1.67 bits per heavy atom. The van der Waals surface area contributed by atoms with Crippen LogP contribution in [0.5, 0.6) is 0 Å². The molecule has 1 aromatic rings. The van der Waals surface area contributed by atoms with E-state index in [2.05, 4.69) is 15.9 Å². The second-order valence-electron chi connectivity index (χ2n) is 3.33. The van der Waals surface area contributed by atoms with Crippen LogP contribution >= 0.6 is 15.9 Å². The van der Waals surface area contributed by atoms with Crippen LogP contribution in [0, 0.1) is 12.7 Å². The van der Waals surface area contributed by atoms with E-state index in [9.17, 15) is 9.18 Å². The minimum Gasteiger partial charge on any atom is -0.481 e. The first-order chi connectivity index (χ1) is 6.91. The number of aryl methyl sites for hydroxylation is 1. The second-order valence-corrected chi connectivity index (χ2v) is 4.25. The fourth-order valence-electron chi connectivity index (χ4n) is 1.32. The van der Waals surface area contributed by atoms with Crippen LogP contribution in [0.1, 0.15) is 23.6 Å². The molecule has 1 rings (SSSR count). The molecule has 3 nitrogen and oxygen atoms in total. The van der Waals surface area contributed by atoms with Gasteiger partial charge in [-0.05, 0) is 24.6 Å². The average Bonchev–Trinajstić information content (AvgIpc) is 2.09. The number of hydrogen-bond acceptors (Lipinski definition) is 2. The highest BCUT2D eigenvalue weighted by molar-refractivity contribution is 9.10. The number of aliphatic carboxylic acids is 1. The molecule has 0 saturated carbocycles. The zero-order valence-electron chi connectivity index (χ0n) is 8.13. The first-order valence-corrected chi connectivity index (χ1v) is 5.14. The molecule has 0 aromatic heterocycles. The molecule has 0 radical (unpaired) electrons. The Labute approximate surface area is 95.2 Å². The summed E-state index contributed by atoms with van der Waals surface area (Å²) in [5.41, 5.74) is 6.26. The van der Waals surface area contributed by atoms with Crippen molar-refractivity contribution in [3.63, 3.8) is 0 Å². The van der Waals surface area contributed by atoms with E-state index in [1.807, 2.05) is 0 Å². The van der Waals surface area contributed by atoms with Gasteiger partial charge in [0.15, 0.2) is 0 Å². The minimum atomic E-state index is -1.04. The minimum absolute atomic E-state index is 0.226. The summed E-state index contributed by atoms with van der Waals surface area (Å²) in [4.78, 5) is 10.5. The quantitative estimate of drug-likeness (QED) is 0.890. The molecule has 0 fully saturated rings. The number of hydrogen-bond donors (Lipinski definition) is 2. The molecule has 0 saturated heterocycles. The lowest BCUT2D eigenvalue weighted by Gasteiger charge is -2.12. The molecule has 0 aliphatic heterocycles. The summed E-state index contributed by atoms with van der Waals surface area (Å²) in [6, 6.07) is 2.31. The van der Waals surface area contributed by atoms with Crippen molar-refractivity contribution in [2.45, 2.75) is 19.4 Å². The van der Waals surface area contributed by atoms with Crippen molar-refractivity contribution in [3.8, 4) is 0 Å². The van der Waals surface area contributed by atoms with Gasteiger partial charge in [0, 0.05) is 16.1 Å². The van der Waals surface area contributed by atoms with Gasteiger partial charge in [-0.2, -0.15) is 0 Å². The van der Waals surface area contributed by atoms with Crippen LogP contribution < -0.4 is 5.73 Å². The van der Waals surface area contributed by atoms with Gasteiger partial charge in [0.05, 0.1) is 6.42 Å². The SMILES string of the molecule is Cc1cc(Br)cc(C(N)CC(=O)O)c1F. The zero-order valence-corrected chi connectivity index (χ0v) is 9.71. The maximum atomic E-state index is 13.6. The molecule has 0 spiro atoms. The Morgan fingerprint density at radius 3 is 2.80 bits per heavy atom. The van der Waals surface area contributed by atoms with E-state index in [-0.39, 0.29) is 12.0 Å². The molecule has 0 aliphatic carbocycles. The Bertz CT molecular complexity index is 395. The summed E-state index contributed by atoms with van der Waals surface area (Å²) in [7, 11) is 0. The summed E-state index contributed by atoms with van der Waals surface area (Å²) in [6.45, 7) is 1.61. The van der Waals surface area contributed by atoms with Crippen molar-refractivity contribution >= 4 is 21.9 Å². The average molecular weight is 276 g/mol. The van der Waals surface area contributed by atoms with Gasteiger partial charge in [-0.1, -0.05) is 15.9 Å². The molecule has 0 bridgehead atoms. The molecule has 3 N–H and O–H groups in total. The molecule has 1 atom stereocenters. The van der Waals surface area contributed by atoms with Gasteiger partial charge in [0.25, 0.3) is 0 Å². The van der Waals surface area contributed by atoms with Gasteiger partial charge in [-0.25, -0.2) is 4.39 Å². The Balaban J connectivity index is 3.07. The summed E-state index contributed by atoms with van der Waals surface area (Å²) in [5, 5.41) is 8.56. The largest absolute Gasteiger partial charge is 0.481 e. The molecule has 0 amide bonds. The molecule has 1 unspecified atom stereocenters. The third kappa shape index (κ3) is 3.00. The van der Waals surface area contributed by atoms with Gasteiger partial charge in [0.2, 0.25) is 0 Å². The summed E-state index contributed by atoms with van der Waals surface area (Å²) < 4.78 is 14.3. The lowest BCUT2D eigenvalue weighted by molar-refractivity contribution is -0.137. The highest BCUT2D eigenvalue weighted by atomic mass is 79.9. The molecular weight excluding hydrogens is 265 g/mol. The first-order valence-electron chi connectivity index (χ1n) is 4.34. The molecule has 1 aromatic carbocycles. The molecule has 82 valence electrons. The van der Waals surface area contributed by atoms with E-state index in [1.54, 1.807) is 13.0 Å². The van der Waals surface area contributed by atoms with E-state index in [4.69, 9.17) is 10.8 Å². The van der Waals surface area contributed by atoms with Gasteiger partial charge in [-0.3, -0.25) is 4.79 Å². The second kappa shape index (κ2) is 4.72. The van der Waals surface area contributed by atoms with Gasteiger partial charge < -0.3 is 10.8 Å². The number of benzene rings is 1.